The fourth-order valence-electron chi connectivity index (χ4n) is 3.19. The summed E-state index contributed by atoms with van der Waals surface area (Å²) < 4.78 is 14.5. The molecule has 0 aliphatic carbocycles. The minimum Gasteiger partial charge on any atom is -0.463 e. The second-order valence-corrected chi connectivity index (χ2v) is 6.91. The minimum absolute atomic E-state index is 0.372. The van der Waals surface area contributed by atoms with Crippen molar-refractivity contribution in [3.63, 3.8) is 0 Å². The summed E-state index contributed by atoms with van der Waals surface area (Å²) in [7, 11) is 0. The lowest BCUT2D eigenvalue weighted by Gasteiger charge is -2.20. The summed E-state index contributed by atoms with van der Waals surface area (Å²) in [6.45, 7) is 3.92. The fraction of sp³-hybridized carbons (Fsp3) is 0.467. The molecule has 0 saturated carbocycles. The van der Waals surface area contributed by atoms with E-state index in [4.69, 9.17) is 4.74 Å². The van der Waals surface area contributed by atoms with Crippen LogP contribution >= 0.6 is 23.1 Å². The second kappa shape index (κ2) is 5.76. The molecule has 0 amide bonds. The Bertz CT molecular complexity index is 671. The van der Waals surface area contributed by atoms with Crippen molar-refractivity contribution >= 4 is 23.1 Å². The highest BCUT2D eigenvalue weighted by Gasteiger charge is 2.41. The van der Waals surface area contributed by atoms with E-state index in [-0.39, 0.29) is 0 Å². The van der Waals surface area contributed by atoms with Crippen molar-refractivity contribution in [2.45, 2.75) is 12.3 Å². The van der Waals surface area contributed by atoms with Gasteiger partial charge in [0.2, 0.25) is 5.88 Å². The molecule has 3 unspecified atom stereocenters. The molecule has 0 spiro atoms. The Labute approximate surface area is 132 Å². The summed E-state index contributed by atoms with van der Waals surface area (Å²) in [4.78, 5) is 3.57. The van der Waals surface area contributed by atoms with Gasteiger partial charge in [0.05, 0.1) is 16.6 Å². The number of ether oxygens (including phenoxy) is 1. The lowest BCUT2D eigenvalue weighted by atomic mass is 9.90. The Morgan fingerprint density at radius 2 is 2.38 bits per heavy atom. The van der Waals surface area contributed by atoms with Crippen LogP contribution in [0.3, 0.4) is 0 Å². The predicted molar refractivity (Wildman–Crippen MR) is 83.9 cm³/mol. The van der Waals surface area contributed by atoms with Crippen LogP contribution < -0.4 is 4.74 Å². The Hall–Kier alpha value is -1.42. The number of rotatable bonds is 3. The molecule has 2 aromatic rings. The number of hydrogen-bond donors (Lipinski definition) is 0. The van der Waals surface area contributed by atoms with Crippen molar-refractivity contribution in [3.05, 3.63) is 28.1 Å². The first kappa shape index (κ1) is 13.3. The van der Waals surface area contributed by atoms with Gasteiger partial charge in [-0.3, -0.25) is 0 Å². The van der Waals surface area contributed by atoms with Gasteiger partial charge in [0, 0.05) is 19.0 Å². The lowest BCUT2D eigenvalue weighted by Crippen LogP contribution is -2.22. The Balaban J connectivity index is 1.41. The SMILES string of the molecule is C(#Cc1cccs1)COc1nsnc1C1CN2CCC1C2. The first-order valence-corrected chi connectivity index (χ1v) is 8.71. The van der Waals surface area contributed by atoms with E-state index in [1.807, 2.05) is 17.5 Å². The molecule has 4 heterocycles. The highest BCUT2D eigenvalue weighted by atomic mass is 32.1. The van der Waals surface area contributed by atoms with E-state index in [0.29, 0.717) is 18.4 Å². The number of fused-ring (bicyclic) bond motifs is 2. The topological polar surface area (TPSA) is 38.3 Å². The highest BCUT2D eigenvalue weighted by molar-refractivity contribution is 7.10. The van der Waals surface area contributed by atoms with E-state index in [1.165, 1.54) is 31.2 Å². The first-order chi connectivity index (χ1) is 10.4. The standard InChI is InChI=1S/C15H15N3OS2/c1(3-12-4-2-8-20-12)7-19-15-14(16-21-17-15)13-10-18-6-5-11(13)9-18/h2,4,8,11,13H,5-7,9-10H2. The summed E-state index contributed by atoms with van der Waals surface area (Å²) in [6.07, 6.45) is 1.28. The van der Waals surface area contributed by atoms with Gasteiger partial charge >= 0.3 is 0 Å². The minimum atomic E-state index is 0.372. The van der Waals surface area contributed by atoms with E-state index in [2.05, 4.69) is 25.5 Å². The van der Waals surface area contributed by atoms with Gasteiger partial charge in [-0.1, -0.05) is 17.9 Å². The first-order valence-electron chi connectivity index (χ1n) is 7.10. The van der Waals surface area contributed by atoms with Crippen molar-refractivity contribution in [1.29, 1.82) is 0 Å². The van der Waals surface area contributed by atoms with Gasteiger partial charge in [-0.15, -0.1) is 15.7 Å². The number of aromatic nitrogens is 2. The van der Waals surface area contributed by atoms with E-state index < -0.39 is 0 Å². The summed E-state index contributed by atoms with van der Waals surface area (Å²) in [5.41, 5.74) is 1.05. The molecule has 108 valence electrons. The maximum atomic E-state index is 5.74. The quantitative estimate of drug-likeness (QED) is 0.815. The third-order valence-electron chi connectivity index (χ3n) is 4.18. The van der Waals surface area contributed by atoms with Gasteiger partial charge in [0.1, 0.15) is 5.69 Å². The smallest absolute Gasteiger partial charge is 0.250 e. The molecule has 2 fully saturated rings. The number of hydrogen-bond acceptors (Lipinski definition) is 6. The molecule has 0 aromatic carbocycles. The fourth-order valence-corrected chi connectivity index (χ4v) is 4.34. The van der Waals surface area contributed by atoms with Gasteiger partial charge in [0.15, 0.2) is 6.61 Å². The van der Waals surface area contributed by atoms with Gasteiger partial charge < -0.3 is 9.64 Å². The van der Waals surface area contributed by atoms with Crippen molar-refractivity contribution in [2.75, 3.05) is 26.2 Å². The Morgan fingerprint density at radius 3 is 3.14 bits per heavy atom. The average Bonchev–Trinajstić information content (AvgIpc) is 3.26. The van der Waals surface area contributed by atoms with Gasteiger partial charge in [-0.25, -0.2) is 0 Å². The summed E-state index contributed by atoms with van der Waals surface area (Å²) in [5.74, 6) is 8.06. The van der Waals surface area contributed by atoms with Crippen LogP contribution in [0.5, 0.6) is 5.88 Å². The zero-order chi connectivity index (χ0) is 14.1. The second-order valence-electron chi connectivity index (χ2n) is 5.44. The molecule has 2 aromatic heterocycles. The van der Waals surface area contributed by atoms with E-state index in [1.54, 1.807) is 11.3 Å². The zero-order valence-electron chi connectivity index (χ0n) is 11.5. The molecule has 4 rings (SSSR count). The van der Waals surface area contributed by atoms with Crippen LogP contribution in [-0.4, -0.2) is 39.9 Å². The molecule has 3 atom stereocenters. The molecule has 2 bridgehead atoms. The highest BCUT2D eigenvalue weighted by Crippen LogP contribution is 2.41. The molecule has 2 saturated heterocycles. The van der Waals surface area contributed by atoms with Crippen molar-refractivity contribution in [1.82, 2.24) is 13.6 Å². The molecule has 6 heteroatoms. The Morgan fingerprint density at radius 1 is 1.38 bits per heavy atom. The van der Waals surface area contributed by atoms with Gasteiger partial charge in [-0.2, -0.15) is 4.37 Å². The molecular formula is C15H15N3OS2. The maximum Gasteiger partial charge on any atom is 0.250 e. The average molecular weight is 317 g/mol. The predicted octanol–water partition coefficient (Wildman–Crippen LogP) is 2.45. The molecular weight excluding hydrogens is 302 g/mol. The van der Waals surface area contributed by atoms with Gasteiger partial charge in [0.25, 0.3) is 0 Å². The molecule has 2 aliphatic heterocycles. The maximum absolute atomic E-state index is 5.74. The molecule has 4 nitrogen and oxygen atoms in total. The number of nitrogens with zero attached hydrogens (tertiary/aromatic N) is 3. The van der Waals surface area contributed by atoms with E-state index in [0.717, 1.165) is 23.0 Å². The number of thiophene rings is 1. The number of piperidine rings is 1. The van der Waals surface area contributed by atoms with Gasteiger partial charge in [-0.05, 0) is 30.3 Å². The third-order valence-corrected chi connectivity index (χ3v) is 5.49. The monoisotopic (exact) mass is 317 g/mol. The van der Waals surface area contributed by atoms with Crippen molar-refractivity contribution in [2.24, 2.45) is 5.92 Å². The third kappa shape index (κ3) is 2.69. The Kier molecular flexibility index (Phi) is 3.63. The normalized spacial score (nSPS) is 26.6. The van der Waals surface area contributed by atoms with Crippen LogP contribution in [0.15, 0.2) is 17.5 Å². The van der Waals surface area contributed by atoms with Crippen LogP contribution in [0.25, 0.3) is 0 Å². The van der Waals surface area contributed by atoms with Crippen molar-refractivity contribution in [3.8, 4) is 17.7 Å². The summed E-state index contributed by atoms with van der Waals surface area (Å²) in [5, 5.41) is 2.03. The molecule has 0 N–H and O–H groups in total. The van der Waals surface area contributed by atoms with Crippen molar-refractivity contribution < 1.29 is 4.74 Å². The van der Waals surface area contributed by atoms with Crippen LogP contribution in [0.4, 0.5) is 0 Å². The van der Waals surface area contributed by atoms with Crippen LogP contribution in [0.1, 0.15) is 22.9 Å². The molecule has 2 aliphatic rings. The summed E-state index contributed by atoms with van der Waals surface area (Å²) >= 11 is 2.89. The van der Waals surface area contributed by atoms with Crippen LogP contribution in [0.2, 0.25) is 0 Å². The lowest BCUT2D eigenvalue weighted by molar-refractivity contribution is 0.323. The van der Waals surface area contributed by atoms with Crippen LogP contribution in [-0.2, 0) is 0 Å². The largest absolute Gasteiger partial charge is 0.463 e. The zero-order valence-corrected chi connectivity index (χ0v) is 13.1. The molecule has 0 radical (unpaired) electrons. The van der Waals surface area contributed by atoms with Crippen LogP contribution in [0, 0.1) is 17.8 Å². The summed E-state index contributed by atoms with van der Waals surface area (Å²) in [6, 6.07) is 4.01. The molecule has 21 heavy (non-hydrogen) atoms. The van der Waals surface area contributed by atoms with E-state index in [9.17, 15) is 0 Å². The van der Waals surface area contributed by atoms with E-state index >= 15 is 0 Å².